The molecule has 4 fully saturated rings. The van der Waals surface area contributed by atoms with Crippen molar-refractivity contribution < 1.29 is 9.84 Å². The quantitative estimate of drug-likeness (QED) is 0.687. The number of hydrogen-bond donors (Lipinski definition) is 1. The SMILES string of the molecule is COC1CC[C@H]2[C@@H]3CCC4CC(O)(c5ccccc5)CC[C@]4(C)[C@@H]3CC[C@]12C. The minimum atomic E-state index is -0.615. The molecule has 4 saturated carbocycles. The van der Waals surface area contributed by atoms with Gasteiger partial charge < -0.3 is 9.84 Å². The zero-order valence-electron chi connectivity index (χ0n) is 18.0. The van der Waals surface area contributed by atoms with Crippen molar-refractivity contribution in [2.75, 3.05) is 7.11 Å². The predicted octanol–water partition coefficient (Wildman–Crippen LogP) is 5.93. The Labute approximate surface area is 171 Å². The van der Waals surface area contributed by atoms with Crippen LogP contribution in [0.25, 0.3) is 0 Å². The second-order valence-corrected chi connectivity index (χ2v) is 11.1. The maximum atomic E-state index is 11.5. The highest BCUT2D eigenvalue weighted by molar-refractivity contribution is 5.24. The fourth-order valence-electron chi connectivity index (χ4n) is 8.60. The van der Waals surface area contributed by atoms with Crippen molar-refractivity contribution in [1.29, 1.82) is 0 Å². The summed E-state index contributed by atoms with van der Waals surface area (Å²) in [7, 11) is 1.92. The molecule has 2 nitrogen and oxygen atoms in total. The van der Waals surface area contributed by atoms with Gasteiger partial charge in [-0.15, -0.1) is 0 Å². The van der Waals surface area contributed by atoms with Gasteiger partial charge in [-0.3, -0.25) is 0 Å². The Morgan fingerprint density at radius 3 is 2.36 bits per heavy atom. The van der Waals surface area contributed by atoms with Crippen molar-refractivity contribution in [3.8, 4) is 0 Å². The largest absolute Gasteiger partial charge is 0.385 e. The summed E-state index contributed by atoms with van der Waals surface area (Å²) >= 11 is 0. The molecule has 0 heterocycles. The number of ether oxygens (including phenoxy) is 1. The number of rotatable bonds is 2. The van der Waals surface area contributed by atoms with E-state index in [1.807, 2.05) is 7.11 Å². The third-order valence-electron chi connectivity index (χ3n) is 10.2. The van der Waals surface area contributed by atoms with Crippen LogP contribution in [0.15, 0.2) is 30.3 Å². The maximum absolute atomic E-state index is 11.5. The first-order valence-corrected chi connectivity index (χ1v) is 11.7. The Bertz CT molecular complexity index is 716. The van der Waals surface area contributed by atoms with Crippen molar-refractivity contribution in [1.82, 2.24) is 0 Å². The summed E-state index contributed by atoms with van der Waals surface area (Å²) in [5.41, 5.74) is 1.33. The van der Waals surface area contributed by atoms with Crippen LogP contribution in [0.3, 0.4) is 0 Å². The number of hydrogen-bond acceptors (Lipinski definition) is 2. The van der Waals surface area contributed by atoms with Crippen LogP contribution < -0.4 is 0 Å². The normalized spacial score (nSPS) is 50.5. The van der Waals surface area contributed by atoms with Crippen molar-refractivity contribution in [2.45, 2.75) is 83.3 Å². The molecule has 5 rings (SSSR count). The number of methoxy groups -OCH3 is 1. The lowest BCUT2D eigenvalue weighted by atomic mass is 9.44. The molecule has 0 amide bonds. The van der Waals surface area contributed by atoms with E-state index in [9.17, 15) is 5.11 Å². The fraction of sp³-hybridized carbons (Fsp3) is 0.769. The maximum Gasteiger partial charge on any atom is 0.0899 e. The van der Waals surface area contributed by atoms with E-state index in [-0.39, 0.29) is 0 Å². The van der Waals surface area contributed by atoms with Crippen LogP contribution in [0.4, 0.5) is 0 Å². The zero-order chi connectivity index (χ0) is 19.6. The topological polar surface area (TPSA) is 29.5 Å². The lowest BCUT2D eigenvalue weighted by molar-refractivity contribution is -0.159. The van der Waals surface area contributed by atoms with Crippen molar-refractivity contribution in [3.05, 3.63) is 35.9 Å². The van der Waals surface area contributed by atoms with E-state index >= 15 is 0 Å². The highest BCUT2D eigenvalue weighted by Crippen LogP contribution is 2.67. The first-order valence-electron chi connectivity index (χ1n) is 11.7. The van der Waals surface area contributed by atoms with E-state index < -0.39 is 5.60 Å². The molecular formula is C26H38O2. The van der Waals surface area contributed by atoms with Gasteiger partial charge in [0.15, 0.2) is 0 Å². The minimum absolute atomic E-state index is 0.401. The van der Waals surface area contributed by atoms with Crippen molar-refractivity contribution in [2.24, 2.45) is 34.5 Å². The van der Waals surface area contributed by atoms with E-state index in [0.717, 1.165) is 36.2 Å². The van der Waals surface area contributed by atoms with Gasteiger partial charge in [0.2, 0.25) is 0 Å². The first kappa shape index (κ1) is 19.1. The molecular weight excluding hydrogens is 344 g/mol. The molecule has 2 heteroatoms. The Balaban J connectivity index is 1.40. The predicted molar refractivity (Wildman–Crippen MR) is 113 cm³/mol. The van der Waals surface area contributed by atoms with Gasteiger partial charge in [-0.2, -0.15) is 0 Å². The molecule has 154 valence electrons. The molecule has 3 unspecified atom stereocenters. The van der Waals surface area contributed by atoms with Gasteiger partial charge in [-0.1, -0.05) is 44.2 Å². The summed E-state index contributed by atoms with van der Waals surface area (Å²) in [5.74, 6) is 3.24. The number of aliphatic hydroxyl groups is 1. The van der Waals surface area contributed by atoms with Gasteiger partial charge in [0.1, 0.15) is 0 Å². The molecule has 28 heavy (non-hydrogen) atoms. The fourth-order valence-corrected chi connectivity index (χ4v) is 8.60. The Morgan fingerprint density at radius 2 is 1.61 bits per heavy atom. The molecule has 1 aromatic carbocycles. The summed E-state index contributed by atoms with van der Waals surface area (Å²) in [6.45, 7) is 5.11. The second-order valence-electron chi connectivity index (χ2n) is 11.1. The molecule has 0 aromatic heterocycles. The van der Waals surface area contributed by atoms with E-state index in [2.05, 4.69) is 44.2 Å². The molecule has 0 bridgehead atoms. The lowest BCUT2D eigenvalue weighted by Gasteiger charge is -2.62. The molecule has 0 spiro atoms. The Kier molecular flexibility index (Phi) is 4.49. The van der Waals surface area contributed by atoms with Gasteiger partial charge >= 0.3 is 0 Å². The Hall–Kier alpha value is -0.860. The monoisotopic (exact) mass is 382 g/mol. The first-order chi connectivity index (χ1) is 13.4. The van der Waals surface area contributed by atoms with Crippen LogP contribution in [0, 0.1) is 34.5 Å². The minimum Gasteiger partial charge on any atom is -0.385 e. The third-order valence-corrected chi connectivity index (χ3v) is 10.2. The molecule has 4 aliphatic rings. The summed E-state index contributed by atoms with van der Waals surface area (Å²) in [6.07, 6.45) is 11.5. The van der Waals surface area contributed by atoms with Gasteiger partial charge in [-0.05, 0) is 97.9 Å². The van der Waals surface area contributed by atoms with E-state index in [4.69, 9.17) is 4.74 Å². The van der Waals surface area contributed by atoms with Crippen LogP contribution in [0.1, 0.15) is 77.2 Å². The van der Waals surface area contributed by atoms with Crippen LogP contribution in [-0.2, 0) is 10.3 Å². The van der Waals surface area contributed by atoms with Crippen LogP contribution in [0.2, 0.25) is 0 Å². The van der Waals surface area contributed by atoms with Crippen LogP contribution >= 0.6 is 0 Å². The number of fused-ring (bicyclic) bond motifs is 5. The van der Waals surface area contributed by atoms with Crippen molar-refractivity contribution >= 4 is 0 Å². The van der Waals surface area contributed by atoms with Gasteiger partial charge in [0, 0.05) is 7.11 Å². The zero-order valence-corrected chi connectivity index (χ0v) is 18.0. The van der Waals surface area contributed by atoms with E-state index in [1.165, 1.54) is 44.9 Å². The molecule has 0 aliphatic heterocycles. The summed E-state index contributed by atoms with van der Waals surface area (Å²) < 4.78 is 5.94. The Morgan fingerprint density at radius 1 is 0.857 bits per heavy atom. The average molecular weight is 383 g/mol. The third kappa shape index (κ3) is 2.59. The average Bonchev–Trinajstić information content (AvgIpc) is 3.06. The molecule has 0 radical (unpaired) electrons. The number of benzene rings is 1. The van der Waals surface area contributed by atoms with Crippen molar-refractivity contribution in [3.63, 3.8) is 0 Å². The molecule has 8 atom stereocenters. The van der Waals surface area contributed by atoms with Crippen LogP contribution in [0.5, 0.6) is 0 Å². The highest BCUT2D eigenvalue weighted by atomic mass is 16.5. The van der Waals surface area contributed by atoms with Gasteiger partial charge in [0.05, 0.1) is 11.7 Å². The molecule has 1 aromatic rings. The molecule has 4 aliphatic carbocycles. The second kappa shape index (κ2) is 6.57. The summed E-state index contributed by atoms with van der Waals surface area (Å²) in [4.78, 5) is 0. The lowest BCUT2D eigenvalue weighted by Crippen LogP contribution is -2.55. The molecule has 0 saturated heterocycles. The highest BCUT2D eigenvalue weighted by Gasteiger charge is 2.61. The van der Waals surface area contributed by atoms with E-state index in [1.54, 1.807) is 0 Å². The summed E-state index contributed by atoms with van der Waals surface area (Å²) in [5, 5.41) is 11.5. The smallest absolute Gasteiger partial charge is 0.0899 e. The van der Waals surface area contributed by atoms with Crippen LogP contribution in [-0.4, -0.2) is 18.3 Å². The van der Waals surface area contributed by atoms with Gasteiger partial charge in [0.25, 0.3) is 0 Å². The molecule has 1 N–H and O–H groups in total. The standard InChI is InChI=1S/C26H38O2/c1-24-15-16-26(27,18-7-5-4-6-8-18)17-19(24)9-10-20-21-11-12-23(28-3)25(21,2)14-13-22(20)24/h4-8,19-23,27H,9-17H2,1-3H3/t19?,20-,21-,22+,23?,24-,25-,26?/m0/s1. The summed E-state index contributed by atoms with van der Waals surface area (Å²) in [6, 6.07) is 10.5. The van der Waals surface area contributed by atoms with Gasteiger partial charge in [-0.25, -0.2) is 0 Å². The van der Waals surface area contributed by atoms with E-state index in [0.29, 0.717) is 22.9 Å².